The maximum atomic E-state index is 4.81. The van der Waals surface area contributed by atoms with Gasteiger partial charge in [0.05, 0.1) is 11.1 Å². The second-order valence-corrected chi connectivity index (χ2v) is 7.59. The quantitative estimate of drug-likeness (QED) is 0.723. The van der Waals surface area contributed by atoms with E-state index in [1.165, 1.54) is 0 Å². The summed E-state index contributed by atoms with van der Waals surface area (Å²) in [5.74, 6) is 1.45. The maximum absolute atomic E-state index is 4.81. The van der Waals surface area contributed by atoms with Crippen LogP contribution >= 0.6 is 0 Å². The van der Waals surface area contributed by atoms with Crippen LogP contribution in [-0.4, -0.2) is 80.3 Å². The zero-order valence-corrected chi connectivity index (χ0v) is 17.1. The van der Waals surface area contributed by atoms with E-state index in [1.54, 1.807) is 6.20 Å². The molecule has 0 aliphatic carbocycles. The van der Waals surface area contributed by atoms with Crippen LogP contribution in [0.4, 0.5) is 5.82 Å². The van der Waals surface area contributed by atoms with Crippen molar-refractivity contribution < 1.29 is 0 Å². The molecule has 1 aliphatic rings. The fourth-order valence-electron chi connectivity index (χ4n) is 3.71. The summed E-state index contributed by atoms with van der Waals surface area (Å²) in [5, 5.41) is 9.10. The summed E-state index contributed by atoms with van der Waals surface area (Å²) in [6.07, 6.45) is 1.76. The number of nitrogens with one attached hydrogen (secondary N) is 1. The average molecular weight is 381 g/mol. The average Bonchev–Trinajstić information content (AvgIpc) is 3.01. The van der Waals surface area contributed by atoms with E-state index in [9.17, 15) is 0 Å². The van der Waals surface area contributed by atoms with Crippen molar-refractivity contribution >= 4 is 16.9 Å². The Bertz CT molecular complexity index is 944. The number of anilines is 1. The molecule has 8 heteroatoms. The van der Waals surface area contributed by atoms with E-state index < -0.39 is 0 Å². The van der Waals surface area contributed by atoms with Crippen LogP contribution in [-0.2, 0) is 7.05 Å². The Morgan fingerprint density at radius 3 is 2.61 bits per heavy atom. The Kier molecular flexibility index (Phi) is 5.23. The van der Waals surface area contributed by atoms with Gasteiger partial charge in [0.25, 0.3) is 0 Å². The van der Waals surface area contributed by atoms with Gasteiger partial charge in [-0.15, -0.1) is 0 Å². The Morgan fingerprint density at radius 1 is 1.11 bits per heavy atom. The smallest absolute Gasteiger partial charge is 0.182 e. The summed E-state index contributed by atoms with van der Waals surface area (Å²) in [5.41, 5.74) is 2.51. The highest BCUT2D eigenvalue weighted by atomic mass is 15.3. The van der Waals surface area contributed by atoms with Crippen molar-refractivity contribution in [1.82, 2.24) is 34.5 Å². The minimum absolute atomic E-state index is 0.425. The number of likely N-dealkylation sites (N-methyl/N-ethyl adjacent to an activating group) is 1. The molecule has 28 heavy (non-hydrogen) atoms. The zero-order valence-electron chi connectivity index (χ0n) is 17.1. The summed E-state index contributed by atoms with van der Waals surface area (Å²) in [6.45, 7) is 9.54. The van der Waals surface area contributed by atoms with Crippen molar-refractivity contribution in [1.29, 1.82) is 0 Å². The zero-order chi connectivity index (χ0) is 19.7. The summed E-state index contributed by atoms with van der Waals surface area (Å²) >= 11 is 0. The number of nitrogens with zero attached hydrogens (tertiary/aromatic N) is 7. The van der Waals surface area contributed by atoms with Crippen LogP contribution in [0.3, 0.4) is 0 Å². The highest BCUT2D eigenvalue weighted by Gasteiger charge is 2.21. The van der Waals surface area contributed by atoms with Crippen LogP contribution in [0.25, 0.3) is 22.6 Å². The largest absolute Gasteiger partial charge is 0.368 e. The van der Waals surface area contributed by atoms with Gasteiger partial charge < -0.3 is 10.2 Å². The number of aryl methyl sites for hydroxylation is 2. The first-order chi connectivity index (χ1) is 13.5. The van der Waals surface area contributed by atoms with Gasteiger partial charge in [-0.3, -0.25) is 14.6 Å². The molecule has 0 radical (unpaired) electrons. The Morgan fingerprint density at radius 2 is 1.89 bits per heavy atom. The number of rotatable bonds is 5. The molecule has 0 unspecified atom stereocenters. The summed E-state index contributed by atoms with van der Waals surface area (Å²) in [7, 11) is 4.10. The molecular weight excluding hydrogens is 352 g/mol. The van der Waals surface area contributed by atoms with Crippen LogP contribution in [0.5, 0.6) is 0 Å². The lowest BCUT2D eigenvalue weighted by atomic mass is 10.2. The van der Waals surface area contributed by atoms with Crippen molar-refractivity contribution in [2.45, 2.75) is 19.9 Å². The molecule has 0 saturated carbocycles. The number of hydrogen-bond acceptors (Lipinski definition) is 7. The first kappa shape index (κ1) is 18.8. The van der Waals surface area contributed by atoms with Crippen molar-refractivity contribution in [3.63, 3.8) is 0 Å². The normalized spacial score (nSPS) is 17.1. The topological polar surface area (TPSA) is 75.0 Å². The minimum atomic E-state index is 0.425. The Balaban J connectivity index is 1.62. The van der Waals surface area contributed by atoms with Gasteiger partial charge in [-0.05, 0) is 33.0 Å². The molecule has 8 nitrogen and oxygen atoms in total. The molecule has 148 valence electrons. The molecule has 0 aromatic carbocycles. The molecule has 0 bridgehead atoms. The third-order valence-electron chi connectivity index (χ3n) is 5.48. The molecule has 1 N–H and O–H groups in total. The number of aromatic nitrogens is 5. The monoisotopic (exact) mass is 380 g/mol. The van der Waals surface area contributed by atoms with Crippen LogP contribution in [0.1, 0.15) is 12.6 Å². The van der Waals surface area contributed by atoms with E-state index in [0.29, 0.717) is 11.9 Å². The maximum Gasteiger partial charge on any atom is 0.182 e. The molecule has 3 aromatic heterocycles. The molecule has 0 amide bonds. The predicted octanol–water partition coefficient (Wildman–Crippen LogP) is 1.78. The van der Waals surface area contributed by atoms with Gasteiger partial charge in [0.2, 0.25) is 0 Å². The Hall–Kier alpha value is -2.58. The molecule has 3 aromatic rings. The van der Waals surface area contributed by atoms with Crippen molar-refractivity contribution in [3.05, 3.63) is 30.1 Å². The van der Waals surface area contributed by atoms with Gasteiger partial charge in [0, 0.05) is 52.0 Å². The second-order valence-electron chi connectivity index (χ2n) is 7.59. The summed E-state index contributed by atoms with van der Waals surface area (Å²) < 4.78 is 1.81. The van der Waals surface area contributed by atoms with Crippen LogP contribution < -0.4 is 5.32 Å². The number of hydrogen-bond donors (Lipinski definition) is 1. The number of piperazine rings is 1. The van der Waals surface area contributed by atoms with E-state index in [4.69, 9.17) is 9.97 Å². The first-order valence-corrected chi connectivity index (χ1v) is 9.82. The molecule has 1 fully saturated rings. The third-order valence-corrected chi connectivity index (χ3v) is 5.48. The van der Waals surface area contributed by atoms with E-state index in [0.717, 1.165) is 61.0 Å². The van der Waals surface area contributed by atoms with Gasteiger partial charge in [-0.1, -0.05) is 6.07 Å². The lowest BCUT2D eigenvalue weighted by Gasteiger charge is -2.36. The van der Waals surface area contributed by atoms with E-state index in [2.05, 4.69) is 39.2 Å². The Labute approximate surface area is 165 Å². The highest BCUT2D eigenvalue weighted by molar-refractivity contribution is 5.90. The molecule has 1 saturated heterocycles. The predicted molar refractivity (Wildman–Crippen MR) is 111 cm³/mol. The minimum Gasteiger partial charge on any atom is -0.368 e. The van der Waals surface area contributed by atoms with Gasteiger partial charge in [-0.25, -0.2) is 9.97 Å². The standard InChI is InChI=1S/C20H28N8/c1-14(28-11-9-26(3)10-12-28)13-22-19-17-15(2)25-27(4)20(17)24-18(23-19)16-7-5-6-8-21-16/h5-8,14H,9-13H2,1-4H3,(H,22,23,24)/t14-/m1/s1. The van der Waals surface area contributed by atoms with Gasteiger partial charge in [0.1, 0.15) is 11.5 Å². The SMILES string of the molecule is Cc1nn(C)c2nc(-c3ccccn3)nc(NC[C@@H](C)N3CCN(C)CC3)c12. The number of fused-ring (bicyclic) bond motifs is 1. The van der Waals surface area contributed by atoms with Crippen LogP contribution in [0.2, 0.25) is 0 Å². The lowest BCUT2D eigenvalue weighted by molar-refractivity contribution is 0.123. The van der Waals surface area contributed by atoms with Gasteiger partial charge in [0.15, 0.2) is 11.5 Å². The van der Waals surface area contributed by atoms with Crippen LogP contribution in [0.15, 0.2) is 24.4 Å². The first-order valence-electron chi connectivity index (χ1n) is 9.82. The second kappa shape index (κ2) is 7.81. The van der Waals surface area contributed by atoms with Gasteiger partial charge in [-0.2, -0.15) is 5.10 Å². The summed E-state index contributed by atoms with van der Waals surface area (Å²) in [6, 6.07) is 6.20. The van der Waals surface area contributed by atoms with Crippen LogP contribution in [0, 0.1) is 6.92 Å². The van der Waals surface area contributed by atoms with Gasteiger partial charge >= 0.3 is 0 Å². The molecule has 4 heterocycles. The highest BCUT2D eigenvalue weighted by Crippen LogP contribution is 2.26. The molecule has 0 spiro atoms. The third kappa shape index (κ3) is 3.70. The van der Waals surface area contributed by atoms with E-state index >= 15 is 0 Å². The fourth-order valence-corrected chi connectivity index (χ4v) is 3.71. The summed E-state index contributed by atoms with van der Waals surface area (Å²) in [4.78, 5) is 18.9. The van der Waals surface area contributed by atoms with Crippen molar-refractivity contribution in [2.24, 2.45) is 7.05 Å². The lowest BCUT2D eigenvalue weighted by Crippen LogP contribution is -2.49. The molecule has 1 aliphatic heterocycles. The van der Waals surface area contributed by atoms with Crippen molar-refractivity contribution in [3.8, 4) is 11.5 Å². The fraction of sp³-hybridized carbons (Fsp3) is 0.500. The van der Waals surface area contributed by atoms with E-state index in [1.807, 2.05) is 36.9 Å². The number of pyridine rings is 1. The molecule has 1 atom stereocenters. The van der Waals surface area contributed by atoms with E-state index in [-0.39, 0.29) is 0 Å². The van der Waals surface area contributed by atoms with Crippen molar-refractivity contribution in [2.75, 3.05) is 45.1 Å². The molecule has 4 rings (SSSR count). The molecular formula is C20H28N8.